The molecule has 0 bridgehead atoms. The highest BCUT2D eigenvalue weighted by molar-refractivity contribution is 5.34. The lowest BCUT2D eigenvalue weighted by molar-refractivity contribution is -0.0765. The van der Waals surface area contributed by atoms with Crippen LogP contribution in [-0.4, -0.2) is 24.4 Å². The topological polar surface area (TPSA) is 44.5 Å². The minimum Gasteiger partial charge on any atom is -0.496 e. The molecule has 2 rings (SSSR count). The van der Waals surface area contributed by atoms with E-state index in [2.05, 4.69) is 33.8 Å². The van der Waals surface area contributed by atoms with E-state index in [0.29, 0.717) is 5.92 Å². The van der Waals surface area contributed by atoms with E-state index in [1.165, 1.54) is 5.56 Å². The Morgan fingerprint density at radius 1 is 1.30 bits per heavy atom. The molecule has 3 nitrogen and oxygen atoms in total. The van der Waals surface area contributed by atoms with Crippen LogP contribution in [0.4, 0.5) is 0 Å². The Morgan fingerprint density at radius 3 is 2.50 bits per heavy atom. The summed E-state index contributed by atoms with van der Waals surface area (Å²) >= 11 is 0. The maximum Gasteiger partial charge on any atom is 0.122 e. The van der Waals surface area contributed by atoms with Gasteiger partial charge in [-0.05, 0) is 52.2 Å². The lowest BCUT2D eigenvalue weighted by atomic mass is 9.80. The molecule has 1 saturated heterocycles. The van der Waals surface area contributed by atoms with Gasteiger partial charge in [0.1, 0.15) is 5.75 Å². The first-order chi connectivity index (χ1) is 9.25. The summed E-state index contributed by atoms with van der Waals surface area (Å²) in [6.45, 7) is 8.58. The number of para-hydroxylation sites is 1. The second kappa shape index (κ2) is 5.38. The SMILES string of the molecule is COc1ccccc1CC(N)C1CC(C)(C)OC1(C)C. The van der Waals surface area contributed by atoms with E-state index in [9.17, 15) is 0 Å². The molecule has 0 radical (unpaired) electrons. The fourth-order valence-corrected chi connectivity index (χ4v) is 3.54. The Morgan fingerprint density at radius 2 is 1.95 bits per heavy atom. The molecule has 1 aromatic rings. The minimum absolute atomic E-state index is 0.0723. The van der Waals surface area contributed by atoms with Gasteiger partial charge in [0.15, 0.2) is 0 Å². The summed E-state index contributed by atoms with van der Waals surface area (Å²) < 4.78 is 11.6. The van der Waals surface area contributed by atoms with Crippen LogP contribution in [0.15, 0.2) is 24.3 Å². The number of hydrogen-bond acceptors (Lipinski definition) is 3. The number of benzene rings is 1. The molecule has 1 aromatic carbocycles. The molecule has 1 aliphatic heterocycles. The second-order valence-corrected chi connectivity index (χ2v) is 6.96. The van der Waals surface area contributed by atoms with E-state index >= 15 is 0 Å². The molecule has 112 valence electrons. The normalized spacial score (nSPS) is 25.4. The molecule has 2 atom stereocenters. The zero-order chi connectivity index (χ0) is 15.0. The van der Waals surface area contributed by atoms with Crippen molar-refractivity contribution in [3.63, 3.8) is 0 Å². The smallest absolute Gasteiger partial charge is 0.122 e. The van der Waals surface area contributed by atoms with Crippen molar-refractivity contribution in [2.45, 2.75) is 57.8 Å². The Hall–Kier alpha value is -1.06. The van der Waals surface area contributed by atoms with Crippen molar-refractivity contribution in [1.82, 2.24) is 0 Å². The third kappa shape index (κ3) is 3.15. The Balaban J connectivity index is 2.14. The molecule has 0 aliphatic carbocycles. The predicted octanol–water partition coefficient (Wildman–Crippen LogP) is 3.16. The number of hydrogen-bond donors (Lipinski definition) is 1. The molecular formula is C17H27NO2. The van der Waals surface area contributed by atoms with Crippen LogP contribution in [0.2, 0.25) is 0 Å². The Bertz CT molecular complexity index is 468. The van der Waals surface area contributed by atoms with E-state index in [0.717, 1.165) is 18.6 Å². The van der Waals surface area contributed by atoms with Crippen LogP contribution in [0.3, 0.4) is 0 Å². The largest absolute Gasteiger partial charge is 0.496 e. The lowest BCUT2D eigenvalue weighted by Crippen LogP contribution is -2.42. The standard InChI is InChI=1S/C17H27NO2/c1-16(2)11-13(17(3,4)20-16)14(18)10-12-8-6-7-9-15(12)19-5/h6-9,13-14H,10-11,18H2,1-5H3. The molecule has 20 heavy (non-hydrogen) atoms. The van der Waals surface area contributed by atoms with Gasteiger partial charge in [0.25, 0.3) is 0 Å². The zero-order valence-electron chi connectivity index (χ0n) is 13.3. The molecule has 1 heterocycles. The van der Waals surface area contributed by atoms with Crippen molar-refractivity contribution >= 4 is 0 Å². The lowest BCUT2D eigenvalue weighted by Gasteiger charge is -2.31. The van der Waals surface area contributed by atoms with Crippen molar-refractivity contribution in [3.8, 4) is 5.75 Å². The summed E-state index contributed by atoms with van der Waals surface area (Å²) in [7, 11) is 1.70. The van der Waals surface area contributed by atoms with Crippen molar-refractivity contribution in [1.29, 1.82) is 0 Å². The van der Waals surface area contributed by atoms with Crippen LogP contribution >= 0.6 is 0 Å². The van der Waals surface area contributed by atoms with Crippen LogP contribution in [0, 0.1) is 5.92 Å². The third-order valence-electron chi connectivity index (χ3n) is 4.31. The number of ether oxygens (including phenoxy) is 2. The van der Waals surface area contributed by atoms with Gasteiger partial charge < -0.3 is 15.2 Å². The van der Waals surface area contributed by atoms with Crippen LogP contribution in [0.25, 0.3) is 0 Å². The van der Waals surface area contributed by atoms with E-state index in [4.69, 9.17) is 15.2 Å². The molecule has 0 spiro atoms. The van der Waals surface area contributed by atoms with Gasteiger partial charge in [-0.3, -0.25) is 0 Å². The first-order valence-corrected chi connectivity index (χ1v) is 7.33. The molecule has 1 fully saturated rings. The van der Waals surface area contributed by atoms with Gasteiger partial charge in [0.05, 0.1) is 18.3 Å². The molecular weight excluding hydrogens is 250 g/mol. The average Bonchev–Trinajstić information content (AvgIpc) is 2.58. The fourth-order valence-electron chi connectivity index (χ4n) is 3.54. The van der Waals surface area contributed by atoms with Crippen LogP contribution in [0.5, 0.6) is 5.75 Å². The number of nitrogens with two attached hydrogens (primary N) is 1. The molecule has 1 aliphatic rings. The predicted molar refractivity (Wildman–Crippen MR) is 82.0 cm³/mol. The summed E-state index contributed by atoms with van der Waals surface area (Å²) in [5.41, 5.74) is 7.40. The van der Waals surface area contributed by atoms with Gasteiger partial charge in [-0.1, -0.05) is 18.2 Å². The summed E-state index contributed by atoms with van der Waals surface area (Å²) in [4.78, 5) is 0. The van der Waals surface area contributed by atoms with Gasteiger partial charge in [-0.15, -0.1) is 0 Å². The maximum atomic E-state index is 6.50. The Kier molecular flexibility index (Phi) is 4.12. The molecule has 3 heteroatoms. The van der Waals surface area contributed by atoms with Crippen molar-refractivity contribution in [2.75, 3.05) is 7.11 Å². The van der Waals surface area contributed by atoms with Gasteiger partial charge in [-0.2, -0.15) is 0 Å². The monoisotopic (exact) mass is 277 g/mol. The van der Waals surface area contributed by atoms with Gasteiger partial charge in [-0.25, -0.2) is 0 Å². The quantitative estimate of drug-likeness (QED) is 0.919. The minimum atomic E-state index is -0.176. The third-order valence-corrected chi connectivity index (χ3v) is 4.31. The average molecular weight is 277 g/mol. The first-order valence-electron chi connectivity index (χ1n) is 7.33. The highest BCUT2D eigenvalue weighted by Gasteiger charge is 2.48. The van der Waals surface area contributed by atoms with Gasteiger partial charge in [0.2, 0.25) is 0 Å². The molecule has 0 amide bonds. The highest BCUT2D eigenvalue weighted by Crippen LogP contribution is 2.43. The highest BCUT2D eigenvalue weighted by atomic mass is 16.5. The summed E-state index contributed by atoms with van der Waals surface area (Å²) in [6.07, 6.45) is 1.81. The van der Waals surface area contributed by atoms with Crippen molar-refractivity contribution < 1.29 is 9.47 Å². The maximum absolute atomic E-state index is 6.50. The second-order valence-electron chi connectivity index (χ2n) is 6.96. The van der Waals surface area contributed by atoms with Crippen molar-refractivity contribution in [2.24, 2.45) is 11.7 Å². The number of rotatable bonds is 4. The van der Waals surface area contributed by atoms with Crippen LogP contribution in [-0.2, 0) is 11.2 Å². The van der Waals surface area contributed by atoms with Gasteiger partial charge in [0, 0.05) is 12.0 Å². The number of methoxy groups -OCH3 is 1. The van der Waals surface area contributed by atoms with E-state index in [-0.39, 0.29) is 17.2 Å². The first kappa shape index (κ1) is 15.3. The fraction of sp³-hybridized carbons (Fsp3) is 0.647. The molecule has 0 aromatic heterocycles. The Labute approximate surface area is 122 Å². The van der Waals surface area contributed by atoms with Crippen LogP contribution in [0.1, 0.15) is 39.7 Å². The van der Waals surface area contributed by atoms with Crippen LogP contribution < -0.4 is 10.5 Å². The van der Waals surface area contributed by atoms with E-state index < -0.39 is 0 Å². The summed E-state index contributed by atoms with van der Waals surface area (Å²) in [6, 6.07) is 8.17. The van der Waals surface area contributed by atoms with E-state index in [1.807, 2.05) is 18.2 Å². The van der Waals surface area contributed by atoms with Crippen molar-refractivity contribution in [3.05, 3.63) is 29.8 Å². The van der Waals surface area contributed by atoms with E-state index in [1.54, 1.807) is 7.11 Å². The molecule has 0 saturated carbocycles. The molecule has 2 N–H and O–H groups in total. The summed E-state index contributed by atoms with van der Waals surface area (Å²) in [5, 5.41) is 0. The molecule has 2 unspecified atom stereocenters. The zero-order valence-corrected chi connectivity index (χ0v) is 13.3. The van der Waals surface area contributed by atoms with Gasteiger partial charge >= 0.3 is 0 Å². The summed E-state index contributed by atoms with van der Waals surface area (Å²) in [5.74, 6) is 1.27.